The number of nitrogens with one attached hydrogen (secondary N) is 1. The molecule has 1 N–H and O–H groups in total. The zero-order valence-corrected chi connectivity index (χ0v) is 17.3. The first-order valence-corrected chi connectivity index (χ1v) is 10.2. The lowest BCUT2D eigenvalue weighted by Crippen LogP contribution is -2.17. The van der Waals surface area contributed by atoms with Crippen molar-refractivity contribution in [1.82, 2.24) is 19.7 Å². The van der Waals surface area contributed by atoms with E-state index in [1.54, 1.807) is 41.3 Å². The van der Waals surface area contributed by atoms with Crippen molar-refractivity contribution >= 4 is 23.5 Å². The maximum Gasteiger partial charge on any atom is 0.416 e. The summed E-state index contributed by atoms with van der Waals surface area (Å²) in [7, 11) is 0. The van der Waals surface area contributed by atoms with Gasteiger partial charge in [0, 0.05) is 23.4 Å². The van der Waals surface area contributed by atoms with E-state index in [0.717, 1.165) is 29.6 Å². The zero-order chi connectivity index (χ0) is 22.6. The number of benzene rings is 1. The number of amides is 1. The molecule has 0 spiro atoms. The summed E-state index contributed by atoms with van der Waals surface area (Å²) in [6.45, 7) is 0.363. The highest BCUT2D eigenvalue weighted by Gasteiger charge is 2.30. The fourth-order valence-electron chi connectivity index (χ4n) is 2.89. The number of aromatic nitrogens is 4. The third-order valence-corrected chi connectivity index (χ3v) is 5.40. The number of anilines is 1. The van der Waals surface area contributed by atoms with Gasteiger partial charge in [-0.25, -0.2) is 9.67 Å². The lowest BCUT2D eigenvalue weighted by atomic mass is 10.2. The van der Waals surface area contributed by atoms with E-state index in [4.69, 9.17) is 0 Å². The highest BCUT2D eigenvalue weighted by Crippen LogP contribution is 2.34. The van der Waals surface area contributed by atoms with Crippen LogP contribution in [-0.4, -0.2) is 25.7 Å². The molecule has 6 nitrogen and oxygen atoms in total. The summed E-state index contributed by atoms with van der Waals surface area (Å²) in [6, 6.07) is 15.2. The smallest absolute Gasteiger partial charge is 0.307 e. The van der Waals surface area contributed by atoms with Gasteiger partial charge < -0.3 is 5.32 Å². The van der Waals surface area contributed by atoms with E-state index in [2.05, 4.69) is 20.4 Å². The molecule has 3 heterocycles. The first-order valence-electron chi connectivity index (χ1n) is 9.43. The summed E-state index contributed by atoms with van der Waals surface area (Å²) < 4.78 is 40.6. The van der Waals surface area contributed by atoms with Gasteiger partial charge in [-0.05, 0) is 42.5 Å². The second-order valence-electron chi connectivity index (χ2n) is 6.63. The van der Waals surface area contributed by atoms with Crippen molar-refractivity contribution in [1.29, 1.82) is 0 Å². The molecule has 0 aliphatic heterocycles. The first kappa shape index (κ1) is 21.6. The number of carbonyl (C=O) groups is 1. The summed E-state index contributed by atoms with van der Waals surface area (Å²) in [5, 5.41) is 7.30. The Morgan fingerprint density at radius 2 is 1.81 bits per heavy atom. The van der Waals surface area contributed by atoms with E-state index in [1.165, 1.54) is 18.3 Å². The van der Waals surface area contributed by atoms with Gasteiger partial charge in [-0.2, -0.15) is 18.3 Å². The van der Waals surface area contributed by atoms with Crippen LogP contribution in [0.5, 0.6) is 0 Å². The molecule has 4 aromatic rings. The predicted octanol–water partition coefficient (Wildman–Crippen LogP) is 5.14. The van der Waals surface area contributed by atoms with Crippen molar-refractivity contribution in [3.05, 3.63) is 96.1 Å². The molecule has 162 valence electrons. The molecule has 0 aliphatic rings. The lowest BCUT2D eigenvalue weighted by molar-refractivity contribution is -0.137. The Labute approximate surface area is 185 Å². The molecule has 0 atom stereocenters. The third-order valence-electron chi connectivity index (χ3n) is 4.39. The summed E-state index contributed by atoms with van der Waals surface area (Å²) in [4.78, 5) is 21.7. The minimum absolute atomic E-state index is 0.237. The maximum atomic E-state index is 13.0. The largest absolute Gasteiger partial charge is 0.416 e. The number of hydrogen-bond donors (Lipinski definition) is 1. The molecule has 10 heteroatoms. The first-order chi connectivity index (χ1) is 15.4. The van der Waals surface area contributed by atoms with Crippen molar-refractivity contribution in [3.63, 3.8) is 0 Å². The maximum absolute atomic E-state index is 13.0. The van der Waals surface area contributed by atoms with E-state index in [1.807, 2.05) is 12.1 Å². The van der Waals surface area contributed by atoms with Crippen molar-refractivity contribution in [2.24, 2.45) is 0 Å². The van der Waals surface area contributed by atoms with Crippen LogP contribution in [-0.2, 0) is 12.7 Å². The fraction of sp³-hybridized carbons (Fsp3) is 0.0909. The molecule has 4 rings (SSSR count). The Morgan fingerprint density at radius 3 is 2.59 bits per heavy atom. The minimum Gasteiger partial charge on any atom is -0.307 e. The van der Waals surface area contributed by atoms with Crippen LogP contribution in [0.3, 0.4) is 0 Å². The number of pyridine rings is 2. The van der Waals surface area contributed by atoms with Gasteiger partial charge in [0.1, 0.15) is 10.8 Å². The van der Waals surface area contributed by atoms with Crippen LogP contribution < -0.4 is 5.32 Å². The van der Waals surface area contributed by atoms with Crippen LogP contribution in [0.25, 0.3) is 0 Å². The molecule has 0 saturated heterocycles. The van der Waals surface area contributed by atoms with Gasteiger partial charge in [-0.3, -0.25) is 9.78 Å². The fourth-order valence-corrected chi connectivity index (χ4v) is 3.83. The predicted molar refractivity (Wildman–Crippen MR) is 113 cm³/mol. The van der Waals surface area contributed by atoms with Crippen LogP contribution in [0.15, 0.2) is 89.2 Å². The van der Waals surface area contributed by atoms with E-state index in [9.17, 15) is 18.0 Å². The molecule has 0 bridgehead atoms. The number of alkyl halides is 3. The number of carbonyl (C=O) groups excluding carboxylic acids is 1. The average molecular weight is 455 g/mol. The van der Waals surface area contributed by atoms with Crippen molar-refractivity contribution in [3.8, 4) is 0 Å². The van der Waals surface area contributed by atoms with E-state index in [-0.39, 0.29) is 5.56 Å². The van der Waals surface area contributed by atoms with Gasteiger partial charge in [0.2, 0.25) is 0 Å². The Bertz CT molecular complexity index is 1230. The molecule has 0 unspecified atom stereocenters. The van der Waals surface area contributed by atoms with Crippen molar-refractivity contribution in [2.75, 3.05) is 5.32 Å². The summed E-state index contributed by atoms with van der Waals surface area (Å²) in [5.74, 6) is 0.00914. The van der Waals surface area contributed by atoms with Crippen LogP contribution in [0.2, 0.25) is 0 Å². The second-order valence-corrected chi connectivity index (χ2v) is 7.70. The van der Waals surface area contributed by atoms with Crippen molar-refractivity contribution < 1.29 is 18.0 Å². The van der Waals surface area contributed by atoms with Gasteiger partial charge in [-0.1, -0.05) is 23.9 Å². The Kier molecular flexibility index (Phi) is 6.22. The van der Waals surface area contributed by atoms with Gasteiger partial charge in [0.25, 0.3) is 5.91 Å². The molecule has 32 heavy (non-hydrogen) atoms. The standard InChI is InChI=1S/C22H16F3N5OS/c23-22(24,25)15-5-3-7-17(13-15)32-21-18(8-4-11-27-21)20(31)29-19-9-12-28-30(19)14-16-6-1-2-10-26-16/h1-13H,14H2,(H,29,31). The SMILES string of the molecule is O=C(Nc1ccnn1Cc1ccccn1)c1cccnc1Sc1cccc(C(F)(F)F)c1. The van der Waals surface area contributed by atoms with E-state index < -0.39 is 17.6 Å². The highest BCUT2D eigenvalue weighted by atomic mass is 32.2. The summed E-state index contributed by atoms with van der Waals surface area (Å²) >= 11 is 0.988. The second kappa shape index (κ2) is 9.23. The zero-order valence-electron chi connectivity index (χ0n) is 16.5. The molecule has 3 aromatic heterocycles. The van der Waals surface area contributed by atoms with Crippen LogP contribution in [0, 0.1) is 0 Å². The molecule has 0 aliphatic carbocycles. The van der Waals surface area contributed by atoms with Gasteiger partial charge in [0.15, 0.2) is 0 Å². The number of halogens is 3. The average Bonchev–Trinajstić information content (AvgIpc) is 3.21. The topological polar surface area (TPSA) is 72.7 Å². The normalized spacial score (nSPS) is 11.3. The van der Waals surface area contributed by atoms with Gasteiger partial charge in [0.05, 0.1) is 29.6 Å². The Hall–Kier alpha value is -3.66. The number of nitrogens with zero attached hydrogens (tertiary/aromatic N) is 4. The lowest BCUT2D eigenvalue weighted by Gasteiger charge is -2.12. The van der Waals surface area contributed by atoms with Gasteiger partial charge >= 0.3 is 6.18 Å². The Morgan fingerprint density at radius 1 is 0.969 bits per heavy atom. The van der Waals surface area contributed by atoms with Crippen LogP contribution in [0.1, 0.15) is 21.6 Å². The van der Waals surface area contributed by atoms with Gasteiger partial charge in [-0.15, -0.1) is 0 Å². The van der Waals surface area contributed by atoms with E-state index >= 15 is 0 Å². The van der Waals surface area contributed by atoms with E-state index in [0.29, 0.717) is 22.3 Å². The molecule has 0 saturated carbocycles. The molecule has 0 fully saturated rings. The molecular weight excluding hydrogens is 439 g/mol. The monoisotopic (exact) mass is 455 g/mol. The van der Waals surface area contributed by atoms with Crippen LogP contribution >= 0.6 is 11.8 Å². The minimum atomic E-state index is -4.45. The summed E-state index contributed by atoms with van der Waals surface area (Å²) in [5.41, 5.74) is 0.247. The van der Waals surface area contributed by atoms with Crippen LogP contribution in [0.4, 0.5) is 19.0 Å². The number of hydrogen-bond acceptors (Lipinski definition) is 5. The third kappa shape index (κ3) is 5.14. The molecule has 1 amide bonds. The Balaban J connectivity index is 1.54. The molecule has 0 radical (unpaired) electrons. The van der Waals surface area contributed by atoms with Crippen molar-refractivity contribution in [2.45, 2.75) is 22.6 Å². The molecule has 1 aromatic carbocycles. The highest BCUT2D eigenvalue weighted by molar-refractivity contribution is 7.99. The quantitative estimate of drug-likeness (QED) is 0.436. The molecular formula is C22H16F3N5OS. The summed E-state index contributed by atoms with van der Waals surface area (Å²) in [6.07, 6.45) is 0.259. The number of rotatable bonds is 6.